The zero-order valence-corrected chi connectivity index (χ0v) is 19.1. The number of H-pyrrole nitrogens is 1. The average molecular weight is 487 g/mol. The normalized spacial score (nSPS) is 11.3. The molecule has 4 aromatic heterocycles. The Balaban J connectivity index is 1.25. The molecule has 11 heteroatoms. The molecule has 32 heavy (non-hydrogen) atoms. The zero-order chi connectivity index (χ0) is 22.1. The van der Waals surface area contributed by atoms with Crippen molar-refractivity contribution >= 4 is 44.7 Å². The molecule has 0 aliphatic rings. The van der Waals surface area contributed by atoms with Crippen molar-refractivity contribution in [1.29, 1.82) is 0 Å². The second-order valence-corrected chi connectivity index (χ2v) is 9.82. The predicted octanol–water partition coefficient (Wildman–Crippen LogP) is 5.41. The van der Waals surface area contributed by atoms with E-state index in [4.69, 9.17) is 9.15 Å². The molecule has 5 aromatic rings. The van der Waals surface area contributed by atoms with Gasteiger partial charge in [0.15, 0.2) is 6.61 Å². The van der Waals surface area contributed by atoms with Crippen LogP contribution in [-0.2, 0) is 12.4 Å². The molecule has 0 radical (unpaired) electrons. The van der Waals surface area contributed by atoms with Gasteiger partial charge in [-0.2, -0.15) is 0 Å². The number of nitrogens with zero attached hydrogens (tertiary/aromatic N) is 3. The van der Waals surface area contributed by atoms with Crippen LogP contribution in [-0.4, -0.2) is 20.2 Å². The Morgan fingerprint density at radius 2 is 2.03 bits per heavy atom. The van der Waals surface area contributed by atoms with Gasteiger partial charge in [-0.05, 0) is 43.3 Å². The summed E-state index contributed by atoms with van der Waals surface area (Å²) >= 11 is 4.38. The summed E-state index contributed by atoms with van der Waals surface area (Å²) in [7, 11) is 0. The molecule has 0 amide bonds. The van der Waals surface area contributed by atoms with E-state index in [1.807, 2.05) is 24.4 Å². The van der Waals surface area contributed by atoms with Gasteiger partial charge in [-0.15, -0.1) is 32.9 Å². The van der Waals surface area contributed by atoms with Crippen molar-refractivity contribution in [3.8, 4) is 16.2 Å². The number of thiophene rings is 2. The third kappa shape index (κ3) is 4.45. The SMILES string of the molecule is Cc1ccc(-c2csc3nc(CSc4nnc(COc5ccc(F)cc5)o4)[nH]c(=O)c23)s1. The number of thioether (sulfide) groups is 1. The smallest absolute Gasteiger partial charge is 0.277 e. The molecule has 0 aliphatic heterocycles. The van der Waals surface area contributed by atoms with Gasteiger partial charge in [-0.25, -0.2) is 9.37 Å². The summed E-state index contributed by atoms with van der Waals surface area (Å²) in [6, 6.07) is 9.74. The lowest BCUT2D eigenvalue weighted by molar-refractivity contribution is 0.252. The highest BCUT2D eigenvalue weighted by molar-refractivity contribution is 7.98. The van der Waals surface area contributed by atoms with Crippen molar-refractivity contribution in [2.24, 2.45) is 0 Å². The summed E-state index contributed by atoms with van der Waals surface area (Å²) in [4.78, 5) is 23.1. The Morgan fingerprint density at radius 3 is 2.81 bits per heavy atom. The van der Waals surface area contributed by atoms with Gasteiger partial charge in [0.05, 0.1) is 11.1 Å². The summed E-state index contributed by atoms with van der Waals surface area (Å²) in [6.45, 7) is 2.11. The second kappa shape index (κ2) is 8.85. The summed E-state index contributed by atoms with van der Waals surface area (Å²) in [5.74, 6) is 1.37. The first kappa shape index (κ1) is 20.9. The minimum absolute atomic E-state index is 0.0698. The number of aromatic amines is 1. The van der Waals surface area contributed by atoms with Gasteiger partial charge < -0.3 is 14.1 Å². The third-order valence-corrected chi connectivity index (χ3v) is 7.19. The van der Waals surface area contributed by atoms with Crippen molar-refractivity contribution in [3.63, 3.8) is 0 Å². The molecule has 5 rings (SSSR count). The van der Waals surface area contributed by atoms with E-state index >= 15 is 0 Å². The highest BCUT2D eigenvalue weighted by Crippen LogP contribution is 2.35. The summed E-state index contributed by atoms with van der Waals surface area (Å²) in [5.41, 5.74) is 0.755. The van der Waals surface area contributed by atoms with E-state index in [0.29, 0.717) is 38.7 Å². The highest BCUT2D eigenvalue weighted by atomic mass is 32.2. The van der Waals surface area contributed by atoms with Crippen LogP contribution < -0.4 is 10.3 Å². The van der Waals surface area contributed by atoms with Crippen molar-refractivity contribution in [1.82, 2.24) is 20.2 Å². The average Bonchev–Trinajstić information content (AvgIpc) is 3.51. The standard InChI is InChI=1S/C21H15FN4O3S3/c1-11-2-7-15(32-11)14-9-30-20-18(14)19(27)23-16(24-20)10-31-21-26-25-17(29-21)8-28-13-5-3-12(22)4-6-13/h2-7,9H,8,10H2,1H3,(H,23,24,27). The topological polar surface area (TPSA) is 93.9 Å². The van der Waals surface area contributed by atoms with Crippen LogP contribution in [0.25, 0.3) is 20.7 Å². The molecule has 0 saturated heterocycles. The van der Waals surface area contributed by atoms with Gasteiger partial charge >= 0.3 is 0 Å². The number of aromatic nitrogens is 4. The number of hydrogen-bond donors (Lipinski definition) is 1. The van der Waals surface area contributed by atoms with Crippen LogP contribution in [0.3, 0.4) is 0 Å². The Morgan fingerprint density at radius 1 is 1.19 bits per heavy atom. The lowest BCUT2D eigenvalue weighted by atomic mass is 10.2. The Hall–Kier alpha value is -3.02. The molecule has 0 bridgehead atoms. The number of ether oxygens (including phenoxy) is 1. The van der Waals surface area contributed by atoms with E-state index in [0.717, 1.165) is 10.4 Å². The van der Waals surface area contributed by atoms with E-state index in [2.05, 4.69) is 20.2 Å². The highest BCUT2D eigenvalue weighted by Gasteiger charge is 2.15. The Labute approximate surface area is 193 Å². The number of nitrogens with one attached hydrogen (secondary N) is 1. The van der Waals surface area contributed by atoms with E-state index in [1.54, 1.807) is 11.3 Å². The number of halogens is 1. The maximum absolute atomic E-state index is 12.9. The van der Waals surface area contributed by atoms with Crippen LogP contribution in [0, 0.1) is 12.7 Å². The number of aryl methyl sites for hydroxylation is 1. The fourth-order valence-electron chi connectivity index (χ4n) is 2.98. The van der Waals surface area contributed by atoms with Gasteiger partial charge in [-0.3, -0.25) is 4.79 Å². The van der Waals surface area contributed by atoms with Crippen LogP contribution in [0.15, 0.2) is 56.2 Å². The van der Waals surface area contributed by atoms with Gasteiger partial charge in [-0.1, -0.05) is 11.8 Å². The lowest BCUT2D eigenvalue weighted by Crippen LogP contribution is -2.10. The number of fused-ring (bicyclic) bond motifs is 1. The molecule has 162 valence electrons. The monoisotopic (exact) mass is 486 g/mol. The van der Waals surface area contributed by atoms with Crippen molar-refractivity contribution in [2.75, 3.05) is 0 Å². The molecule has 0 atom stereocenters. The quantitative estimate of drug-likeness (QED) is 0.307. The number of rotatable bonds is 7. The van der Waals surface area contributed by atoms with Crippen LogP contribution in [0.2, 0.25) is 0 Å². The van der Waals surface area contributed by atoms with Crippen LogP contribution >= 0.6 is 34.4 Å². The maximum atomic E-state index is 12.9. The third-order valence-electron chi connectivity index (χ3n) is 4.46. The van der Waals surface area contributed by atoms with Crippen LogP contribution in [0.4, 0.5) is 4.39 Å². The van der Waals surface area contributed by atoms with Gasteiger partial charge in [0.25, 0.3) is 16.7 Å². The fraction of sp³-hybridized carbons (Fsp3) is 0.143. The van der Waals surface area contributed by atoms with E-state index < -0.39 is 0 Å². The zero-order valence-electron chi connectivity index (χ0n) is 16.6. The Kier molecular flexibility index (Phi) is 5.77. The molecular formula is C21H15FN4O3S3. The molecule has 4 heterocycles. The van der Waals surface area contributed by atoms with Crippen LogP contribution in [0.5, 0.6) is 5.75 Å². The van der Waals surface area contributed by atoms with E-state index in [-0.39, 0.29) is 18.0 Å². The number of hydrogen-bond acceptors (Lipinski definition) is 9. The fourth-order valence-corrected chi connectivity index (χ4v) is 5.56. The molecule has 1 aromatic carbocycles. The maximum Gasteiger partial charge on any atom is 0.277 e. The first-order valence-corrected chi connectivity index (χ1v) is 12.1. The van der Waals surface area contributed by atoms with Crippen molar-refractivity contribution in [2.45, 2.75) is 24.5 Å². The lowest BCUT2D eigenvalue weighted by Gasteiger charge is -2.02. The van der Waals surface area contributed by atoms with Crippen molar-refractivity contribution < 1.29 is 13.5 Å². The molecular weight excluding hydrogens is 471 g/mol. The van der Waals surface area contributed by atoms with Gasteiger partial charge in [0, 0.05) is 20.7 Å². The van der Waals surface area contributed by atoms with Crippen LogP contribution in [0.1, 0.15) is 16.6 Å². The summed E-state index contributed by atoms with van der Waals surface area (Å²) < 4.78 is 24.0. The molecule has 0 saturated carbocycles. The minimum atomic E-state index is -0.334. The molecule has 1 N–H and O–H groups in total. The molecule has 0 spiro atoms. The Bertz CT molecular complexity index is 1440. The van der Waals surface area contributed by atoms with E-state index in [1.165, 1.54) is 52.2 Å². The molecule has 0 aliphatic carbocycles. The van der Waals surface area contributed by atoms with Gasteiger partial charge in [0.2, 0.25) is 0 Å². The molecule has 0 fully saturated rings. The minimum Gasteiger partial charge on any atom is -0.484 e. The second-order valence-electron chi connectivity index (χ2n) is 6.75. The molecule has 0 unspecified atom stereocenters. The summed E-state index contributed by atoms with van der Waals surface area (Å²) in [6.07, 6.45) is 0. The van der Waals surface area contributed by atoms with Crippen molar-refractivity contribution in [3.05, 3.63) is 74.5 Å². The molecule has 7 nitrogen and oxygen atoms in total. The summed E-state index contributed by atoms with van der Waals surface area (Å²) in [5, 5.41) is 10.8. The van der Waals surface area contributed by atoms with E-state index in [9.17, 15) is 9.18 Å². The number of benzene rings is 1. The first-order valence-electron chi connectivity index (χ1n) is 9.46. The largest absolute Gasteiger partial charge is 0.484 e. The first-order chi connectivity index (χ1) is 15.5. The van der Waals surface area contributed by atoms with Gasteiger partial charge in [0.1, 0.15) is 22.2 Å². The predicted molar refractivity (Wildman–Crippen MR) is 123 cm³/mol.